The van der Waals surface area contributed by atoms with E-state index in [2.05, 4.69) is 5.32 Å². The molecule has 6 heteroatoms. The van der Waals surface area contributed by atoms with Gasteiger partial charge in [-0.25, -0.2) is 0 Å². The summed E-state index contributed by atoms with van der Waals surface area (Å²) in [5, 5.41) is 4.86. The lowest BCUT2D eigenvalue weighted by atomic mass is 10.2. The number of rotatable bonds is 6. The summed E-state index contributed by atoms with van der Waals surface area (Å²) in [6.07, 6.45) is 0. The molecule has 0 aliphatic carbocycles. The van der Waals surface area contributed by atoms with Gasteiger partial charge in [-0.1, -0.05) is 0 Å². The Bertz CT molecular complexity index is 718. The minimum atomic E-state index is -0.230. The largest absolute Gasteiger partial charge is 0.383 e. The molecule has 0 fully saturated rings. The van der Waals surface area contributed by atoms with Gasteiger partial charge in [-0.3, -0.25) is 9.59 Å². The van der Waals surface area contributed by atoms with Gasteiger partial charge in [0, 0.05) is 35.9 Å². The Morgan fingerprint density at radius 2 is 2.14 bits per heavy atom. The van der Waals surface area contributed by atoms with Crippen LogP contribution in [-0.2, 0) is 17.8 Å². The molecule has 2 aromatic rings. The molecule has 2 heterocycles. The van der Waals surface area contributed by atoms with Crippen LogP contribution in [0.2, 0.25) is 0 Å². The van der Waals surface area contributed by atoms with Crippen LogP contribution in [0.25, 0.3) is 0 Å². The highest BCUT2D eigenvalue weighted by atomic mass is 32.1. The van der Waals surface area contributed by atoms with E-state index in [-0.39, 0.29) is 11.5 Å². The van der Waals surface area contributed by atoms with E-state index in [0.29, 0.717) is 25.3 Å². The van der Waals surface area contributed by atoms with E-state index < -0.39 is 0 Å². The Labute approximate surface area is 133 Å². The van der Waals surface area contributed by atoms with Gasteiger partial charge in [-0.2, -0.15) is 0 Å². The number of carbonyl (C=O) groups is 1. The van der Waals surface area contributed by atoms with Crippen LogP contribution in [0.1, 0.15) is 26.5 Å². The van der Waals surface area contributed by atoms with E-state index in [0.717, 1.165) is 16.1 Å². The second kappa shape index (κ2) is 7.38. The first kappa shape index (κ1) is 16.5. The smallest absolute Gasteiger partial charge is 0.251 e. The number of hydrogen-bond acceptors (Lipinski definition) is 4. The third-order valence-electron chi connectivity index (χ3n) is 3.49. The van der Waals surface area contributed by atoms with Crippen molar-refractivity contribution in [1.82, 2.24) is 9.88 Å². The maximum atomic E-state index is 12.2. The zero-order valence-corrected chi connectivity index (χ0v) is 13.8. The highest BCUT2D eigenvalue weighted by Gasteiger charge is 2.11. The molecule has 0 atom stereocenters. The average Bonchev–Trinajstić information content (AvgIpc) is 2.89. The Hall–Kier alpha value is -1.92. The molecular formula is C16H20N2O3S. The lowest BCUT2D eigenvalue weighted by Gasteiger charge is -2.11. The van der Waals surface area contributed by atoms with Crippen LogP contribution in [-0.4, -0.2) is 24.2 Å². The number of nitrogens with zero attached hydrogens (tertiary/aromatic N) is 1. The van der Waals surface area contributed by atoms with E-state index in [1.54, 1.807) is 29.1 Å². The molecule has 1 amide bonds. The number of carbonyl (C=O) groups excluding carboxylic acids is 1. The maximum absolute atomic E-state index is 12.2. The summed E-state index contributed by atoms with van der Waals surface area (Å²) in [6, 6.07) is 5.13. The summed E-state index contributed by atoms with van der Waals surface area (Å²) in [4.78, 5) is 25.4. The van der Waals surface area contributed by atoms with Crippen LogP contribution in [0.4, 0.5) is 0 Å². The number of methoxy groups -OCH3 is 1. The summed E-state index contributed by atoms with van der Waals surface area (Å²) < 4.78 is 6.59. The number of pyridine rings is 1. The van der Waals surface area contributed by atoms with Gasteiger partial charge in [0.25, 0.3) is 11.5 Å². The van der Waals surface area contributed by atoms with Crippen LogP contribution in [0.3, 0.4) is 0 Å². The van der Waals surface area contributed by atoms with Crippen molar-refractivity contribution in [1.29, 1.82) is 0 Å². The van der Waals surface area contributed by atoms with Crippen LogP contribution in [0, 0.1) is 13.8 Å². The van der Waals surface area contributed by atoms with Gasteiger partial charge in [0.1, 0.15) is 0 Å². The highest BCUT2D eigenvalue weighted by Crippen LogP contribution is 2.15. The summed E-state index contributed by atoms with van der Waals surface area (Å²) in [5.41, 5.74) is 2.12. The zero-order valence-electron chi connectivity index (χ0n) is 13.0. The van der Waals surface area contributed by atoms with Crippen LogP contribution in [0.15, 0.2) is 28.4 Å². The molecule has 2 aromatic heterocycles. The van der Waals surface area contributed by atoms with E-state index in [1.165, 1.54) is 6.07 Å². The van der Waals surface area contributed by atoms with Crippen molar-refractivity contribution in [2.45, 2.75) is 26.9 Å². The van der Waals surface area contributed by atoms with Gasteiger partial charge >= 0.3 is 0 Å². The molecule has 2 rings (SSSR count). The molecule has 5 nitrogen and oxygen atoms in total. The van der Waals surface area contributed by atoms with Gasteiger partial charge in [-0.05, 0) is 36.9 Å². The monoisotopic (exact) mass is 320 g/mol. The second-order valence-electron chi connectivity index (χ2n) is 5.08. The van der Waals surface area contributed by atoms with Crippen molar-refractivity contribution in [3.05, 3.63) is 55.6 Å². The van der Waals surface area contributed by atoms with Crippen molar-refractivity contribution in [3.63, 3.8) is 0 Å². The molecule has 0 radical (unpaired) electrons. The van der Waals surface area contributed by atoms with Gasteiger partial charge in [0.05, 0.1) is 13.2 Å². The normalized spacial score (nSPS) is 10.7. The number of amides is 1. The minimum Gasteiger partial charge on any atom is -0.383 e. The van der Waals surface area contributed by atoms with Crippen molar-refractivity contribution in [2.24, 2.45) is 0 Å². The SMILES string of the molecule is COCCn1c(C)cc(C(=O)NCc2sccc2C)cc1=O. The summed E-state index contributed by atoms with van der Waals surface area (Å²) in [7, 11) is 1.59. The van der Waals surface area contributed by atoms with Crippen LogP contribution in [0.5, 0.6) is 0 Å². The molecule has 0 spiro atoms. The molecule has 0 saturated heterocycles. The van der Waals surface area contributed by atoms with E-state index >= 15 is 0 Å². The van der Waals surface area contributed by atoms with Crippen molar-refractivity contribution in [2.75, 3.05) is 13.7 Å². The topological polar surface area (TPSA) is 60.3 Å². The molecule has 0 aromatic carbocycles. The highest BCUT2D eigenvalue weighted by molar-refractivity contribution is 7.10. The molecular weight excluding hydrogens is 300 g/mol. The third-order valence-corrected chi connectivity index (χ3v) is 4.52. The average molecular weight is 320 g/mol. The quantitative estimate of drug-likeness (QED) is 0.887. The fourth-order valence-electron chi connectivity index (χ4n) is 2.18. The molecule has 118 valence electrons. The zero-order chi connectivity index (χ0) is 16.1. The van der Waals surface area contributed by atoms with Crippen molar-refractivity contribution < 1.29 is 9.53 Å². The Balaban J connectivity index is 2.10. The Morgan fingerprint density at radius 3 is 2.73 bits per heavy atom. The predicted octanol–water partition coefficient (Wildman–Crippen LogP) is 2.10. The second-order valence-corrected chi connectivity index (χ2v) is 6.08. The van der Waals surface area contributed by atoms with Gasteiger partial charge in [0.15, 0.2) is 0 Å². The van der Waals surface area contributed by atoms with Crippen LogP contribution < -0.4 is 10.9 Å². The first-order chi connectivity index (χ1) is 10.5. The summed E-state index contributed by atoms with van der Waals surface area (Å²) in [5.74, 6) is -0.230. The molecule has 0 aliphatic heterocycles. The fourth-order valence-corrected chi connectivity index (χ4v) is 3.02. The molecule has 0 bridgehead atoms. The molecule has 0 aliphatic rings. The molecule has 0 unspecified atom stereocenters. The van der Waals surface area contributed by atoms with E-state index in [9.17, 15) is 9.59 Å². The number of hydrogen-bond donors (Lipinski definition) is 1. The lowest BCUT2D eigenvalue weighted by molar-refractivity contribution is 0.0950. The minimum absolute atomic E-state index is 0.186. The van der Waals surface area contributed by atoms with Crippen molar-refractivity contribution >= 4 is 17.2 Å². The first-order valence-corrected chi connectivity index (χ1v) is 7.92. The number of nitrogens with one attached hydrogen (secondary N) is 1. The number of aryl methyl sites for hydroxylation is 2. The molecule has 22 heavy (non-hydrogen) atoms. The van der Waals surface area contributed by atoms with Gasteiger partial charge < -0.3 is 14.6 Å². The molecule has 1 N–H and O–H groups in total. The predicted molar refractivity (Wildman–Crippen MR) is 87.5 cm³/mol. The summed E-state index contributed by atoms with van der Waals surface area (Å²) >= 11 is 1.61. The molecule has 0 saturated carbocycles. The maximum Gasteiger partial charge on any atom is 0.251 e. The van der Waals surface area contributed by atoms with E-state index in [1.807, 2.05) is 25.3 Å². The van der Waals surface area contributed by atoms with Gasteiger partial charge in [-0.15, -0.1) is 11.3 Å². The van der Waals surface area contributed by atoms with E-state index in [4.69, 9.17) is 4.74 Å². The van der Waals surface area contributed by atoms with Crippen LogP contribution >= 0.6 is 11.3 Å². The third kappa shape index (κ3) is 3.84. The first-order valence-electron chi connectivity index (χ1n) is 7.04. The van der Waals surface area contributed by atoms with Gasteiger partial charge in [0.2, 0.25) is 0 Å². The summed E-state index contributed by atoms with van der Waals surface area (Å²) in [6.45, 7) is 5.26. The number of ether oxygens (including phenoxy) is 1. The standard InChI is InChI=1S/C16H20N2O3S/c1-11-4-7-22-14(11)10-17-16(20)13-8-12(2)18(5-6-21-3)15(19)9-13/h4,7-9H,5-6,10H2,1-3H3,(H,17,20). The fraction of sp³-hybridized carbons (Fsp3) is 0.375. The number of aromatic nitrogens is 1. The number of thiophene rings is 1. The Kier molecular flexibility index (Phi) is 5.51. The Morgan fingerprint density at radius 1 is 1.36 bits per heavy atom. The lowest BCUT2D eigenvalue weighted by Crippen LogP contribution is -2.28. The van der Waals surface area contributed by atoms with Crippen molar-refractivity contribution in [3.8, 4) is 0 Å².